The number of hydrogen-bond donors (Lipinski definition) is 1. The molecular formula is C25H23ClF2N2O3S. The molecule has 0 spiro atoms. The summed E-state index contributed by atoms with van der Waals surface area (Å²) in [4.78, 5) is -0.148. The van der Waals surface area contributed by atoms with Crippen molar-refractivity contribution in [1.29, 1.82) is 0 Å². The third-order valence-corrected chi connectivity index (χ3v) is 7.35. The number of halogens is 3. The molecule has 0 bridgehead atoms. The van der Waals surface area contributed by atoms with Crippen LogP contribution in [0.5, 0.6) is 5.75 Å². The van der Waals surface area contributed by atoms with Crippen LogP contribution in [0.3, 0.4) is 0 Å². The third kappa shape index (κ3) is 4.88. The number of alkyl halides is 2. The van der Waals surface area contributed by atoms with Crippen molar-refractivity contribution in [3.63, 3.8) is 0 Å². The van der Waals surface area contributed by atoms with Gasteiger partial charge in [0.1, 0.15) is 5.75 Å². The van der Waals surface area contributed by atoms with Gasteiger partial charge in [-0.1, -0.05) is 43.1 Å². The lowest BCUT2D eigenvalue weighted by atomic mass is 10.1. The molecule has 9 heteroatoms. The van der Waals surface area contributed by atoms with E-state index in [0.717, 1.165) is 29.0 Å². The molecule has 4 rings (SSSR count). The zero-order valence-corrected chi connectivity index (χ0v) is 20.1. The second-order valence-corrected chi connectivity index (χ2v) is 10.1. The van der Waals surface area contributed by atoms with Gasteiger partial charge in [-0.25, -0.2) is 12.4 Å². The average molecular weight is 505 g/mol. The Morgan fingerprint density at radius 2 is 1.88 bits per heavy atom. The Kier molecular flexibility index (Phi) is 6.81. The minimum atomic E-state index is -4.09. The number of benzene rings is 3. The van der Waals surface area contributed by atoms with Gasteiger partial charge in [0.05, 0.1) is 21.1 Å². The van der Waals surface area contributed by atoms with Crippen LogP contribution < -0.4 is 10.1 Å². The van der Waals surface area contributed by atoms with Crippen LogP contribution >= 0.6 is 11.6 Å². The van der Waals surface area contributed by atoms with E-state index in [2.05, 4.69) is 10.1 Å². The minimum absolute atomic E-state index is 0.148. The molecule has 0 saturated heterocycles. The molecule has 1 N–H and O–H groups in total. The van der Waals surface area contributed by atoms with Crippen LogP contribution in [0.1, 0.15) is 24.5 Å². The van der Waals surface area contributed by atoms with E-state index in [-0.39, 0.29) is 10.6 Å². The summed E-state index contributed by atoms with van der Waals surface area (Å²) >= 11 is 6.35. The van der Waals surface area contributed by atoms with Crippen LogP contribution in [-0.4, -0.2) is 19.0 Å². The van der Waals surface area contributed by atoms with Crippen LogP contribution in [0.25, 0.3) is 10.9 Å². The topological polar surface area (TPSA) is 60.3 Å². The van der Waals surface area contributed by atoms with E-state index >= 15 is 0 Å². The maximum absolute atomic E-state index is 13.5. The molecule has 3 aromatic carbocycles. The predicted molar refractivity (Wildman–Crippen MR) is 131 cm³/mol. The number of aryl methyl sites for hydroxylation is 2. The largest absolute Gasteiger partial charge is 0.435 e. The van der Waals surface area contributed by atoms with E-state index in [1.165, 1.54) is 22.2 Å². The molecule has 5 nitrogen and oxygen atoms in total. The first-order chi connectivity index (χ1) is 16.2. The molecule has 4 aromatic rings. The first-order valence-electron chi connectivity index (χ1n) is 10.7. The highest BCUT2D eigenvalue weighted by atomic mass is 35.5. The summed E-state index contributed by atoms with van der Waals surface area (Å²) < 4.78 is 58.0. The van der Waals surface area contributed by atoms with Crippen molar-refractivity contribution in [3.8, 4) is 5.75 Å². The zero-order valence-electron chi connectivity index (χ0n) is 18.6. The van der Waals surface area contributed by atoms with Gasteiger partial charge in [-0.2, -0.15) is 8.78 Å². The Balaban J connectivity index is 1.82. The van der Waals surface area contributed by atoms with Gasteiger partial charge in [-0.05, 0) is 60.9 Å². The van der Waals surface area contributed by atoms with Crippen molar-refractivity contribution < 1.29 is 21.9 Å². The normalized spacial score (nSPS) is 11.8. The molecule has 0 fully saturated rings. The predicted octanol–water partition coefficient (Wildman–Crippen LogP) is 7.14. The molecule has 0 amide bonds. The number of fused-ring (bicyclic) bond motifs is 1. The molecule has 34 heavy (non-hydrogen) atoms. The average Bonchev–Trinajstić information content (AvgIpc) is 3.14. The van der Waals surface area contributed by atoms with E-state index in [0.29, 0.717) is 28.3 Å². The number of nitrogens with zero attached hydrogens (tertiary/aromatic N) is 1. The van der Waals surface area contributed by atoms with Crippen molar-refractivity contribution in [2.45, 2.75) is 38.2 Å². The van der Waals surface area contributed by atoms with E-state index in [9.17, 15) is 17.2 Å². The monoisotopic (exact) mass is 504 g/mol. The van der Waals surface area contributed by atoms with Gasteiger partial charge < -0.3 is 10.1 Å². The first kappa shape index (κ1) is 24.0. The van der Waals surface area contributed by atoms with Gasteiger partial charge in [-0.3, -0.25) is 0 Å². The van der Waals surface area contributed by atoms with Gasteiger partial charge in [0.2, 0.25) is 0 Å². The number of hydrogen-bond acceptors (Lipinski definition) is 4. The molecule has 0 aliphatic heterocycles. The van der Waals surface area contributed by atoms with Gasteiger partial charge in [-0.15, -0.1) is 0 Å². The molecule has 0 aliphatic rings. The highest BCUT2D eigenvalue weighted by molar-refractivity contribution is 7.90. The van der Waals surface area contributed by atoms with Gasteiger partial charge in [0.25, 0.3) is 10.0 Å². The first-order valence-corrected chi connectivity index (χ1v) is 12.5. The zero-order chi connectivity index (χ0) is 24.5. The molecule has 0 radical (unpaired) electrons. The minimum Gasteiger partial charge on any atom is -0.435 e. The quantitative estimate of drug-likeness (QED) is 0.277. The highest BCUT2D eigenvalue weighted by Crippen LogP contribution is 2.32. The van der Waals surface area contributed by atoms with Gasteiger partial charge in [0, 0.05) is 23.3 Å². The Bertz CT molecular complexity index is 1450. The summed E-state index contributed by atoms with van der Waals surface area (Å²) in [5, 5.41) is 4.58. The van der Waals surface area contributed by atoms with Crippen LogP contribution in [0.4, 0.5) is 20.2 Å². The fourth-order valence-corrected chi connectivity index (χ4v) is 5.51. The number of rotatable bonds is 8. The number of aromatic nitrogens is 1. The lowest BCUT2D eigenvalue weighted by Gasteiger charge is -2.12. The standard InChI is InChI=1S/C25H23ClF2N2O3S/c1-3-5-17-15-30(34(31,32)20-7-4-6-19(14-20)33-25(27)28)24-13-18(9-10-21(17)24)29-23-11-8-16(2)12-22(23)26/h4,6-15,25,29H,3,5H2,1-2H3. The summed E-state index contributed by atoms with van der Waals surface area (Å²) in [5.74, 6) is -0.224. The van der Waals surface area contributed by atoms with Crippen molar-refractivity contribution in [1.82, 2.24) is 3.97 Å². The fourth-order valence-electron chi connectivity index (χ4n) is 3.81. The second-order valence-electron chi connectivity index (χ2n) is 7.90. The number of ether oxygens (including phenoxy) is 1. The highest BCUT2D eigenvalue weighted by Gasteiger charge is 2.22. The summed E-state index contributed by atoms with van der Waals surface area (Å²) in [6.07, 6.45) is 3.10. The Hall–Kier alpha value is -3.10. The van der Waals surface area contributed by atoms with Crippen LogP contribution in [0, 0.1) is 6.92 Å². The molecule has 0 saturated carbocycles. The van der Waals surface area contributed by atoms with Gasteiger partial charge >= 0.3 is 6.61 Å². The summed E-state index contributed by atoms with van der Waals surface area (Å²) in [5.41, 5.74) is 3.72. The van der Waals surface area contributed by atoms with Crippen molar-refractivity contribution in [2.75, 3.05) is 5.32 Å². The van der Waals surface area contributed by atoms with Crippen molar-refractivity contribution in [2.24, 2.45) is 0 Å². The van der Waals surface area contributed by atoms with Crippen LogP contribution in [0.2, 0.25) is 5.02 Å². The van der Waals surface area contributed by atoms with Crippen molar-refractivity contribution >= 4 is 43.9 Å². The third-order valence-electron chi connectivity index (χ3n) is 5.36. The lowest BCUT2D eigenvalue weighted by molar-refractivity contribution is -0.0499. The summed E-state index contributed by atoms with van der Waals surface area (Å²) in [7, 11) is -4.09. The molecule has 1 aromatic heterocycles. The second kappa shape index (κ2) is 9.64. The Labute approximate surface area is 202 Å². The maximum Gasteiger partial charge on any atom is 0.387 e. The molecular weight excluding hydrogens is 482 g/mol. The molecule has 0 unspecified atom stereocenters. The van der Waals surface area contributed by atoms with Crippen molar-refractivity contribution in [3.05, 3.63) is 83.0 Å². The van der Waals surface area contributed by atoms with Crippen LogP contribution in [-0.2, 0) is 16.4 Å². The number of nitrogens with one attached hydrogen (secondary N) is 1. The molecule has 178 valence electrons. The molecule has 0 aliphatic carbocycles. The number of anilines is 2. The van der Waals surface area contributed by atoms with E-state index in [4.69, 9.17) is 11.6 Å². The smallest absolute Gasteiger partial charge is 0.387 e. The van der Waals surface area contributed by atoms with Gasteiger partial charge in [0.15, 0.2) is 0 Å². The lowest BCUT2D eigenvalue weighted by Crippen LogP contribution is -2.12. The van der Waals surface area contributed by atoms with Crippen LogP contribution in [0.15, 0.2) is 71.8 Å². The molecule has 0 atom stereocenters. The summed E-state index contributed by atoms with van der Waals surface area (Å²) in [6, 6.07) is 16.2. The fraction of sp³-hybridized carbons (Fsp3) is 0.200. The maximum atomic E-state index is 13.5. The SMILES string of the molecule is CCCc1cn(S(=O)(=O)c2cccc(OC(F)F)c2)c2cc(Nc3ccc(C)cc3Cl)ccc12. The molecule has 1 heterocycles. The Morgan fingerprint density at radius 1 is 1.09 bits per heavy atom. The Morgan fingerprint density at radius 3 is 2.59 bits per heavy atom. The van der Waals surface area contributed by atoms with E-state index in [1.807, 2.05) is 44.2 Å². The summed E-state index contributed by atoms with van der Waals surface area (Å²) in [6.45, 7) is 0.901. The van der Waals surface area contributed by atoms with E-state index < -0.39 is 16.6 Å². The van der Waals surface area contributed by atoms with E-state index in [1.54, 1.807) is 12.3 Å².